The first-order valence-electron chi connectivity index (χ1n) is 5.93. The first kappa shape index (κ1) is 13.6. The van der Waals surface area contributed by atoms with E-state index in [4.69, 9.17) is 4.74 Å². The van der Waals surface area contributed by atoms with Gasteiger partial charge >= 0.3 is 0 Å². The molecule has 0 saturated carbocycles. The molecule has 20 heavy (non-hydrogen) atoms. The molecule has 0 bridgehead atoms. The van der Waals surface area contributed by atoms with E-state index in [9.17, 15) is 9.90 Å². The fourth-order valence-corrected chi connectivity index (χ4v) is 1.55. The van der Waals surface area contributed by atoms with Crippen LogP contribution in [0.3, 0.4) is 0 Å². The number of carboxylic acid groups (broad SMARTS) is 1. The smallest absolute Gasteiger partial charge is 0.118 e. The van der Waals surface area contributed by atoms with Gasteiger partial charge in [0, 0.05) is 0 Å². The van der Waals surface area contributed by atoms with E-state index in [0.717, 1.165) is 11.3 Å². The van der Waals surface area contributed by atoms with Crippen molar-refractivity contribution >= 4 is 17.9 Å². The number of nitrogens with zero attached hydrogens (tertiary/aromatic N) is 1. The number of hydrogen-bond donors (Lipinski definition) is 1. The van der Waals surface area contributed by atoms with Crippen LogP contribution >= 0.6 is 0 Å². The van der Waals surface area contributed by atoms with Crippen LogP contribution in [0, 0.1) is 0 Å². The topological polar surface area (TPSA) is 73.8 Å². The second-order valence-electron chi connectivity index (χ2n) is 4.01. The molecule has 0 atom stereocenters. The lowest BCUT2D eigenvalue weighted by molar-refractivity contribution is -0.255. The summed E-state index contributed by atoms with van der Waals surface area (Å²) in [5.41, 5.74) is 4.56. The molecular weight excluding hydrogens is 256 g/mol. The second-order valence-corrected chi connectivity index (χ2v) is 4.01. The van der Waals surface area contributed by atoms with Crippen molar-refractivity contribution < 1.29 is 14.6 Å². The molecular formula is C15H13N2O3-. The van der Waals surface area contributed by atoms with Crippen LogP contribution < -0.4 is 15.3 Å². The van der Waals surface area contributed by atoms with E-state index in [-0.39, 0.29) is 5.56 Å². The largest absolute Gasteiger partial charge is 0.545 e. The minimum atomic E-state index is -1.20. The van der Waals surface area contributed by atoms with E-state index in [1.807, 2.05) is 24.3 Å². The van der Waals surface area contributed by atoms with E-state index in [1.54, 1.807) is 25.5 Å². The summed E-state index contributed by atoms with van der Waals surface area (Å²) in [6, 6.07) is 13.6. The molecule has 2 aromatic carbocycles. The number of benzene rings is 2. The van der Waals surface area contributed by atoms with Crippen LogP contribution in [0.1, 0.15) is 15.9 Å². The van der Waals surface area contributed by atoms with E-state index in [0.29, 0.717) is 5.69 Å². The Kier molecular flexibility index (Phi) is 4.34. The van der Waals surface area contributed by atoms with Gasteiger partial charge in [0.05, 0.1) is 25.0 Å². The summed E-state index contributed by atoms with van der Waals surface area (Å²) in [7, 11) is 1.61. The predicted molar refractivity (Wildman–Crippen MR) is 75.0 cm³/mol. The zero-order valence-electron chi connectivity index (χ0n) is 10.9. The minimum absolute atomic E-state index is 0.134. The molecule has 102 valence electrons. The number of hydrogen-bond acceptors (Lipinski definition) is 5. The van der Waals surface area contributed by atoms with Gasteiger partial charge in [-0.3, -0.25) is 5.43 Å². The summed E-state index contributed by atoms with van der Waals surface area (Å²) in [4.78, 5) is 10.6. The van der Waals surface area contributed by atoms with Crippen molar-refractivity contribution in [3.63, 3.8) is 0 Å². The number of rotatable bonds is 5. The summed E-state index contributed by atoms with van der Waals surface area (Å²) in [6.07, 6.45) is 1.66. The molecule has 0 aliphatic carbocycles. The summed E-state index contributed by atoms with van der Waals surface area (Å²) >= 11 is 0. The molecule has 1 N–H and O–H groups in total. The Morgan fingerprint density at radius 2 is 1.80 bits per heavy atom. The number of nitrogens with one attached hydrogen (secondary N) is 1. The van der Waals surface area contributed by atoms with E-state index < -0.39 is 5.97 Å². The van der Waals surface area contributed by atoms with Crippen molar-refractivity contribution in [1.29, 1.82) is 0 Å². The lowest BCUT2D eigenvalue weighted by atomic mass is 10.2. The van der Waals surface area contributed by atoms with Crippen LogP contribution in [0.15, 0.2) is 53.6 Å². The summed E-state index contributed by atoms with van der Waals surface area (Å²) in [6.45, 7) is 0. The molecule has 0 saturated heterocycles. The first-order chi connectivity index (χ1) is 9.69. The minimum Gasteiger partial charge on any atom is -0.545 e. The molecule has 0 aliphatic rings. The highest BCUT2D eigenvalue weighted by molar-refractivity contribution is 5.86. The summed E-state index contributed by atoms with van der Waals surface area (Å²) in [5, 5.41) is 14.7. The summed E-state index contributed by atoms with van der Waals surface area (Å²) < 4.78 is 5.06. The van der Waals surface area contributed by atoms with Gasteiger partial charge in [-0.1, -0.05) is 12.1 Å². The molecule has 0 spiro atoms. The van der Waals surface area contributed by atoms with Crippen molar-refractivity contribution in [3.8, 4) is 5.75 Å². The zero-order valence-corrected chi connectivity index (χ0v) is 10.9. The van der Waals surface area contributed by atoms with Crippen molar-refractivity contribution in [2.24, 2.45) is 5.10 Å². The van der Waals surface area contributed by atoms with E-state index in [1.165, 1.54) is 12.1 Å². The van der Waals surface area contributed by atoms with Crippen LogP contribution in [-0.2, 0) is 0 Å². The Morgan fingerprint density at radius 1 is 1.15 bits per heavy atom. The van der Waals surface area contributed by atoms with Gasteiger partial charge in [-0.05, 0) is 47.5 Å². The van der Waals surface area contributed by atoms with Gasteiger partial charge in [0.1, 0.15) is 5.75 Å². The van der Waals surface area contributed by atoms with Gasteiger partial charge in [0.25, 0.3) is 0 Å². The number of carbonyl (C=O) groups is 1. The average Bonchev–Trinajstić information content (AvgIpc) is 2.48. The van der Waals surface area contributed by atoms with Gasteiger partial charge in [0.15, 0.2) is 0 Å². The fraction of sp³-hybridized carbons (Fsp3) is 0.0667. The van der Waals surface area contributed by atoms with Gasteiger partial charge in [-0.15, -0.1) is 0 Å². The maximum absolute atomic E-state index is 10.6. The third-order valence-electron chi connectivity index (χ3n) is 2.64. The van der Waals surface area contributed by atoms with E-state index >= 15 is 0 Å². The SMILES string of the molecule is COc1ccc(C=NNc2ccc(C(=O)[O-])cc2)cc1. The molecule has 0 amide bonds. The number of ether oxygens (including phenoxy) is 1. The molecule has 0 radical (unpaired) electrons. The quantitative estimate of drug-likeness (QED) is 0.659. The highest BCUT2D eigenvalue weighted by Gasteiger charge is 1.94. The van der Waals surface area contributed by atoms with Gasteiger partial charge in [-0.25, -0.2) is 0 Å². The standard InChI is InChI=1S/C15H14N2O3/c1-20-14-8-2-11(3-9-14)10-16-17-13-6-4-12(5-7-13)15(18)19/h2-10,17H,1H3,(H,18,19)/p-1. The van der Waals surface area contributed by atoms with Gasteiger partial charge in [0.2, 0.25) is 0 Å². The molecule has 0 unspecified atom stereocenters. The Hall–Kier alpha value is -2.82. The summed E-state index contributed by atoms with van der Waals surface area (Å²) in [5.74, 6) is -0.411. The molecule has 0 aliphatic heterocycles. The molecule has 2 aromatic rings. The Morgan fingerprint density at radius 3 is 2.35 bits per heavy atom. The highest BCUT2D eigenvalue weighted by atomic mass is 16.5. The van der Waals surface area contributed by atoms with Crippen molar-refractivity contribution in [1.82, 2.24) is 0 Å². The van der Waals surface area contributed by atoms with Crippen molar-refractivity contribution in [2.45, 2.75) is 0 Å². The second kappa shape index (κ2) is 6.38. The Bertz CT molecular complexity index is 604. The first-order valence-corrected chi connectivity index (χ1v) is 5.93. The fourth-order valence-electron chi connectivity index (χ4n) is 1.55. The van der Waals surface area contributed by atoms with Crippen LogP contribution in [-0.4, -0.2) is 19.3 Å². The van der Waals surface area contributed by atoms with Crippen LogP contribution in [0.5, 0.6) is 5.75 Å². The Labute approximate surface area is 116 Å². The van der Waals surface area contributed by atoms with Gasteiger partial charge < -0.3 is 14.6 Å². The highest BCUT2D eigenvalue weighted by Crippen LogP contribution is 2.11. The normalized spacial score (nSPS) is 10.4. The Balaban J connectivity index is 1.96. The molecule has 0 aromatic heterocycles. The third-order valence-corrected chi connectivity index (χ3v) is 2.64. The monoisotopic (exact) mass is 269 g/mol. The number of carbonyl (C=O) groups excluding carboxylic acids is 1. The number of anilines is 1. The number of hydrazone groups is 1. The zero-order chi connectivity index (χ0) is 14.4. The third kappa shape index (κ3) is 3.58. The molecule has 2 rings (SSSR count). The van der Waals surface area contributed by atoms with Crippen LogP contribution in [0.2, 0.25) is 0 Å². The van der Waals surface area contributed by atoms with Crippen molar-refractivity contribution in [2.75, 3.05) is 12.5 Å². The maximum atomic E-state index is 10.6. The lowest BCUT2D eigenvalue weighted by Gasteiger charge is -2.04. The maximum Gasteiger partial charge on any atom is 0.118 e. The number of methoxy groups -OCH3 is 1. The predicted octanol–water partition coefficient (Wildman–Crippen LogP) is 1.50. The number of carboxylic acids is 1. The lowest BCUT2D eigenvalue weighted by Crippen LogP contribution is -2.21. The van der Waals surface area contributed by atoms with Crippen LogP contribution in [0.25, 0.3) is 0 Å². The van der Waals surface area contributed by atoms with Gasteiger partial charge in [-0.2, -0.15) is 5.10 Å². The molecule has 5 nitrogen and oxygen atoms in total. The van der Waals surface area contributed by atoms with Crippen LogP contribution in [0.4, 0.5) is 5.69 Å². The molecule has 0 heterocycles. The molecule has 5 heteroatoms. The molecule has 0 fully saturated rings. The average molecular weight is 269 g/mol. The van der Waals surface area contributed by atoms with Crippen molar-refractivity contribution in [3.05, 3.63) is 59.7 Å². The van der Waals surface area contributed by atoms with E-state index in [2.05, 4.69) is 10.5 Å². The number of aromatic carboxylic acids is 1.